The maximum Gasteiger partial charge on any atom is 0.254 e. The second-order valence-electron chi connectivity index (χ2n) is 6.07. The quantitative estimate of drug-likeness (QED) is 0.749. The van der Waals surface area contributed by atoms with Crippen LogP contribution in [0.5, 0.6) is 11.5 Å². The molecule has 8 heteroatoms. The highest BCUT2D eigenvalue weighted by atomic mass is 16.5. The molecule has 1 aromatic rings. The Kier molecular flexibility index (Phi) is 7.23. The third kappa shape index (κ3) is 4.86. The highest BCUT2D eigenvalue weighted by Crippen LogP contribution is 2.23. The van der Waals surface area contributed by atoms with E-state index in [2.05, 4.69) is 0 Å². The molecule has 1 unspecified atom stereocenters. The fraction of sp³-hybridized carbons (Fsp3) is 0.556. The van der Waals surface area contributed by atoms with Crippen LogP contribution in [0.1, 0.15) is 16.8 Å². The normalized spacial score (nSPS) is 15.5. The molecular weight excluding hydrogens is 338 g/mol. The minimum atomic E-state index is -0.272. The molecule has 26 heavy (non-hydrogen) atoms. The van der Waals surface area contributed by atoms with Crippen LogP contribution in [-0.4, -0.2) is 81.8 Å². The van der Waals surface area contributed by atoms with Gasteiger partial charge < -0.3 is 29.7 Å². The van der Waals surface area contributed by atoms with Crippen molar-refractivity contribution in [2.75, 3.05) is 54.1 Å². The van der Waals surface area contributed by atoms with Crippen LogP contribution in [-0.2, 0) is 9.53 Å². The molecule has 1 heterocycles. The van der Waals surface area contributed by atoms with Crippen LogP contribution in [0.25, 0.3) is 0 Å². The van der Waals surface area contributed by atoms with Gasteiger partial charge in [-0.2, -0.15) is 0 Å². The number of methoxy groups -OCH3 is 3. The monoisotopic (exact) mass is 365 g/mol. The minimum absolute atomic E-state index is 0.00236. The molecular formula is C18H27N3O5. The van der Waals surface area contributed by atoms with Crippen molar-refractivity contribution in [3.05, 3.63) is 23.8 Å². The Hall–Kier alpha value is -2.32. The van der Waals surface area contributed by atoms with E-state index in [1.807, 2.05) is 0 Å². The molecule has 144 valence electrons. The highest BCUT2D eigenvalue weighted by Gasteiger charge is 2.26. The molecule has 1 aromatic carbocycles. The van der Waals surface area contributed by atoms with Crippen LogP contribution in [0.3, 0.4) is 0 Å². The van der Waals surface area contributed by atoms with Gasteiger partial charge in [0.25, 0.3) is 5.91 Å². The maximum atomic E-state index is 12.8. The van der Waals surface area contributed by atoms with Gasteiger partial charge in [0.2, 0.25) is 5.91 Å². The molecule has 1 atom stereocenters. The lowest BCUT2D eigenvalue weighted by Gasteiger charge is -2.35. The van der Waals surface area contributed by atoms with Gasteiger partial charge in [-0.25, -0.2) is 0 Å². The van der Waals surface area contributed by atoms with Crippen molar-refractivity contribution >= 4 is 11.8 Å². The fourth-order valence-corrected chi connectivity index (χ4v) is 2.86. The Morgan fingerprint density at radius 1 is 1.00 bits per heavy atom. The zero-order chi connectivity index (χ0) is 19.1. The van der Waals surface area contributed by atoms with Gasteiger partial charge in [-0.3, -0.25) is 9.59 Å². The topological polar surface area (TPSA) is 94.3 Å². The molecule has 0 aromatic heterocycles. The highest BCUT2D eigenvalue weighted by molar-refractivity contribution is 5.95. The van der Waals surface area contributed by atoms with E-state index in [1.165, 1.54) is 0 Å². The first kappa shape index (κ1) is 20.0. The smallest absolute Gasteiger partial charge is 0.254 e. The Labute approximate surface area is 153 Å². The third-order valence-electron chi connectivity index (χ3n) is 4.52. The number of benzene rings is 1. The molecule has 2 amide bonds. The molecule has 8 nitrogen and oxygen atoms in total. The predicted molar refractivity (Wildman–Crippen MR) is 96.5 cm³/mol. The van der Waals surface area contributed by atoms with E-state index in [9.17, 15) is 9.59 Å². The largest absolute Gasteiger partial charge is 0.497 e. The molecule has 1 aliphatic heterocycles. The van der Waals surface area contributed by atoms with Crippen molar-refractivity contribution in [1.82, 2.24) is 9.80 Å². The first-order valence-corrected chi connectivity index (χ1v) is 8.55. The average molecular weight is 365 g/mol. The van der Waals surface area contributed by atoms with Crippen LogP contribution in [0, 0.1) is 0 Å². The Morgan fingerprint density at radius 2 is 1.54 bits per heavy atom. The van der Waals surface area contributed by atoms with E-state index in [0.717, 1.165) is 0 Å². The summed E-state index contributed by atoms with van der Waals surface area (Å²) in [6, 6.07) is 5.09. The number of nitrogens with two attached hydrogens (primary N) is 1. The molecule has 0 radical (unpaired) electrons. The van der Waals surface area contributed by atoms with Gasteiger partial charge >= 0.3 is 0 Å². The van der Waals surface area contributed by atoms with Crippen LogP contribution in [0.4, 0.5) is 0 Å². The minimum Gasteiger partial charge on any atom is -0.497 e. The van der Waals surface area contributed by atoms with E-state index in [0.29, 0.717) is 49.8 Å². The van der Waals surface area contributed by atoms with E-state index < -0.39 is 0 Å². The summed E-state index contributed by atoms with van der Waals surface area (Å²) in [5, 5.41) is 0. The summed E-state index contributed by atoms with van der Waals surface area (Å²) in [5.74, 6) is 1.02. The van der Waals surface area contributed by atoms with Crippen molar-refractivity contribution in [1.29, 1.82) is 0 Å². The Morgan fingerprint density at radius 3 is 2.00 bits per heavy atom. The van der Waals surface area contributed by atoms with E-state index in [1.54, 1.807) is 49.3 Å². The van der Waals surface area contributed by atoms with Crippen molar-refractivity contribution in [3.8, 4) is 11.5 Å². The zero-order valence-corrected chi connectivity index (χ0v) is 15.6. The van der Waals surface area contributed by atoms with Crippen LogP contribution < -0.4 is 15.2 Å². The number of hydrogen-bond donors (Lipinski definition) is 1. The summed E-state index contributed by atoms with van der Waals surface area (Å²) in [4.78, 5) is 28.5. The Bertz CT molecular complexity index is 603. The SMILES string of the molecule is COc1cc(OC)cc(C(=O)N2CCN(C(=O)CC(CN)OC)CC2)c1. The predicted octanol–water partition coefficient (Wildman–Crippen LogP) is 0.352. The first-order valence-electron chi connectivity index (χ1n) is 8.55. The van der Waals surface area contributed by atoms with Crippen molar-refractivity contribution in [2.45, 2.75) is 12.5 Å². The van der Waals surface area contributed by atoms with Gasteiger partial charge in [-0.15, -0.1) is 0 Å². The molecule has 1 fully saturated rings. The number of carbonyl (C=O) groups is 2. The number of amides is 2. The van der Waals surface area contributed by atoms with Crippen molar-refractivity contribution in [3.63, 3.8) is 0 Å². The number of nitrogens with zero attached hydrogens (tertiary/aromatic N) is 2. The standard InChI is InChI=1S/C18H27N3O5/c1-24-14-8-13(9-15(10-14)25-2)18(23)21-6-4-20(5-7-21)17(22)11-16(12-19)26-3/h8-10,16H,4-7,11-12,19H2,1-3H3. The first-order chi connectivity index (χ1) is 12.5. The van der Waals surface area contributed by atoms with Crippen molar-refractivity contribution in [2.24, 2.45) is 5.73 Å². The second kappa shape index (κ2) is 9.40. The molecule has 1 saturated heterocycles. The summed E-state index contributed by atoms with van der Waals surface area (Å²) < 4.78 is 15.6. The lowest BCUT2D eigenvalue weighted by molar-refractivity contribution is -0.135. The van der Waals surface area contributed by atoms with E-state index >= 15 is 0 Å². The zero-order valence-electron chi connectivity index (χ0n) is 15.6. The number of piperazine rings is 1. The van der Waals surface area contributed by atoms with Crippen molar-refractivity contribution < 1.29 is 23.8 Å². The number of hydrogen-bond acceptors (Lipinski definition) is 6. The molecule has 0 saturated carbocycles. The van der Waals surface area contributed by atoms with E-state index in [4.69, 9.17) is 19.9 Å². The lowest BCUT2D eigenvalue weighted by atomic mass is 10.1. The van der Waals surface area contributed by atoms with Crippen LogP contribution in [0.2, 0.25) is 0 Å². The molecule has 0 bridgehead atoms. The number of ether oxygens (including phenoxy) is 3. The fourth-order valence-electron chi connectivity index (χ4n) is 2.86. The van der Waals surface area contributed by atoms with Crippen LogP contribution in [0.15, 0.2) is 18.2 Å². The molecule has 1 aliphatic rings. The summed E-state index contributed by atoms with van der Waals surface area (Å²) in [6.07, 6.45) is -0.0139. The summed E-state index contributed by atoms with van der Waals surface area (Å²) in [6.45, 7) is 2.24. The lowest BCUT2D eigenvalue weighted by Crippen LogP contribution is -2.51. The van der Waals surface area contributed by atoms with Crippen LogP contribution >= 0.6 is 0 Å². The van der Waals surface area contributed by atoms with Gasteiger partial charge in [0.1, 0.15) is 11.5 Å². The maximum absolute atomic E-state index is 12.8. The number of carbonyl (C=O) groups excluding carboxylic acids is 2. The van der Waals surface area contributed by atoms with Gasteiger partial charge in [0.05, 0.1) is 26.7 Å². The van der Waals surface area contributed by atoms with Gasteiger partial charge in [0, 0.05) is 51.5 Å². The average Bonchev–Trinajstić information content (AvgIpc) is 2.70. The molecule has 0 spiro atoms. The Balaban J connectivity index is 1.97. The molecule has 2 N–H and O–H groups in total. The van der Waals surface area contributed by atoms with Gasteiger partial charge in [0.15, 0.2) is 0 Å². The van der Waals surface area contributed by atoms with Gasteiger partial charge in [-0.05, 0) is 12.1 Å². The van der Waals surface area contributed by atoms with E-state index in [-0.39, 0.29) is 24.3 Å². The summed E-state index contributed by atoms with van der Waals surface area (Å²) in [7, 11) is 4.63. The second-order valence-corrected chi connectivity index (χ2v) is 6.07. The molecule has 0 aliphatic carbocycles. The summed E-state index contributed by atoms with van der Waals surface area (Å²) >= 11 is 0. The number of rotatable bonds is 7. The van der Waals surface area contributed by atoms with Gasteiger partial charge in [-0.1, -0.05) is 0 Å². The summed E-state index contributed by atoms with van der Waals surface area (Å²) in [5.41, 5.74) is 6.07. The molecule has 2 rings (SSSR count). The third-order valence-corrected chi connectivity index (χ3v) is 4.52.